The van der Waals surface area contributed by atoms with Gasteiger partial charge in [0.05, 0.1) is 0 Å². The molecule has 0 unspecified atom stereocenters. The van der Waals surface area contributed by atoms with Crippen LogP contribution in [0.5, 0.6) is 0 Å². The summed E-state index contributed by atoms with van der Waals surface area (Å²) in [6, 6.07) is 13.6. The Balaban J connectivity index is 1.65. The number of hydrogen-bond donors (Lipinski definition) is 2. The molecule has 8 heteroatoms. The predicted molar refractivity (Wildman–Crippen MR) is 113 cm³/mol. The summed E-state index contributed by atoms with van der Waals surface area (Å²) in [6.45, 7) is 0.996. The lowest BCUT2D eigenvalue weighted by Gasteiger charge is -2.08. The van der Waals surface area contributed by atoms with Crippen LogP contribution in [0.15, 0.2) is 53.0 Å². The Morgan fingerprint density at radius 2 is 1.59 bits per heavy atom. The summed E-state index contributed by atoms with van der Waals surface area (Å²) in [5.74, 6) is -1.39. The molecule has 0 bridgehead atoms. The molecule has 0 aliphatic heterocycles. The van der Waals surface area contributed by atoms with Crippen molar-refractivity contribution < 1.29 is 23.9 Å². The summed E-state index contributed by atoms with van der Waals surface area (Å²) in [5.41, 5.74) is 1.59. The Morgan fingerprint density at radius 3 is 2.28 bits per heavy atom. The van der Waals surface area contributed by atoms with Gasteiger partial charge in [0.2, 0.25) is 5.91 Å². The maximum atomic E-state index is 11.9. The third-order valence-electron chi connectivity index (χ3n) is 3.83. The minimum Gasteiger partial charge on any atom is -0.456 e. The van der Waals surface area contributed by atoms with Crippen molar-refractivity contribution >= 4 is 50.9 Å². The largest absolute Gasteiger partial charge is 0.456 e. The second kappa shape index (κ2) is 11.1. The number of carbonyl (C=O) groups is 4. The number of nitrogens with one attached hydrogen (secondary N) is 2. The average molecular weight is 461 g/mol. The molecule has 2 aromatic rings. The van der Waals surface area contributed by atoms with Crippen molar-refractivity contribution in [1.29, 1.82) is 0 Å². The van der Waals surface area contributed by atoms with Gasteiger partial charge >= 0.3 is 5.97 Å². The summed E-state index contributed by atoms with van der Waals surface area (Å²) in [5, 5.41) is 5.30. The molecule has 0 spiro atoms. The van der Waals surface area contributed by atoms with Gasteiger partial charge in [0.25, 0.3) is 5.91 Å². The second-order valence-electron chi connectivity index (χ2n) is 6.25. The van der Waals surface area contributed by atoms with Gasteiger partial charge in [0.1, 0.15) is 0 Å². The average Bonchev–Trinajstić information content (AvgIpc) is 2.68. The molecule has 152 valence electrons. The zero-order valence-electron chi connectivity index (χ0n) is 15.9. The monoisotopic (exact) mass is 460 g/mol. The lowest BCUT2D eigenvalue weighted by molar-refractivity contribution is -0.147. The van der Waals surface area contributed by atoms with Crippen LogP contribution >= 0.6 is 15.9 Å². The van der Waals surface area contributed by atoms with Crippen molar-refractivity contribution in [3.63, 3.8) is 0 Å². The van der Waals surface area contributed by atoms with Gasteiger partial charge in [0, 0.05) is 34.3 Å². The second-order valence-corrected chi connectivity index (χ2v) is 7.17. The molecular weight excluding hydrogens is 440 g/mol. The number of carbonyl (C=O) groups excluding carboxylic acids is 4. The highest BCUT2D eigenvalue weighted by Gasteiger charge is 2.10. The fraction of sp³-hybridized carbons (Fsp3) is 0.238. The van der Waals surface area contributed by atoms with Crippen molar-refractivity contribution in [2.45, 2.75) is 26.2 Å². The molecule has 7 nitrogen and oxygen atoms in total. The minimum absolute atomic E-state index is 0.0286. The van der Waals surface area contributed by atoms with E-state index in [0.29, 0.717) is 23.4 Å². The van der Waals surface area contributed by atoms with E-state index in [2.05, 4.69) is 26.6 Å². The highest BCUT2D eigenvalue weighted by Crippen LogP contribution is 2.15. The van der Waals surface area contributed by atoms with Gasteiger partial charge in [-0.1, -0.05) is 28.1 Å². The van der Waals surface area contributed by atoms with Gasteiger partial charge in [-0.25, -0.2) is 0 Å². The Labute approximate surface area is 176 Å². The first-order chi connectivity index (χ1) is 13.8. The van der Waals surface area contributed by atoms with Crippen molar-refractivity contribution in [3.05, 3.63) is 58.6 Å². The fourth-order valence-electron chi connectivity index (χ4n) is 2.38. The van der Waals surface area contributed by atoms with Gasteiger partial charge in [-0.2, -0.15) is 0 Å². The third-order valence-corrected chi connectivity index (χ3v) is 4.36. The summed E-state index contributed by atoms with van der Waals surface area (Å²) < 4.78 is 5.82. The number of rotatable bonds is 9. The third kappa shape index (κ3) is 8.27. The first-order valence-corrected chi connectivity index (χ1v) is 9.74. The van der Waals surface area contributed by atoms with Crippen LogP contribution in [0.1, 0.15) is 36.5 Å². The van der Waals surface area contributed by atoms with Crippen molar-refractivity contribution in [2.24, 2.45) is 0 Å². The smallest absolute Gasteiger partial charge is 0.306 e. The van der Waals surface area contributed by atoms with E-state index in [9.17, 15) is 19.2 Å². The molecule has 2 amide bonds. The highest BCUT2D eigenvalue weighted by molar-refractivity contribution is 9.10. The first kappa shape index (κ1) is 22.3. The number of benzene rings is 2. The number of Topliss-reactive ketones (excluding diaryl/α,β-unsaturated/α-hetero) is 1. The van der Waals surface area contributed by atoms with Crippen molar-refractivity contribution in [3.8, 4) is 0 Å². The van der Waals surface area contributed by atoms with Crippen LogP contribution in [0.25, 0.3) is 0 Å². The molecule has 0 fully saturated rings. The molecule has 0 aliphatic carbocycles. The molecule has 0 heterocycles. The van der Waals surface area contributed by atoms with Crippen LogP contribution in [0.3, 0.4) is 0 Å². The van der Waals surface area contributed by atoms with E-state index in [1.165, 1.54) is 6.92 Å². The molecule has 0 saturated carbocycles. The molecule has 0 aliphatic rings. The Kier molecular flexibility index (Phi) is 8.54. The molecular formula is C21H21BrN2O5. The van der Waals surface area contributed by atoms with Gasteiger partial charge in [-0.05, 0) is 49.7 Å². The Morgan fingerprint density at radius 1 is 0.897 bits per heavy atom. The lowest BCUT2D eigenvalue weighted by Crippen LogP contribution is -2.21. The van der Waals surface area contributed by atoms with Crippen molar-refractivity contribution in [2.75, 3.05) is 17.2 Å². The number of ketones is 1. The van der Waals surface area contributed by atoms with E-state index in [4.69, 9.17) is 4.74 Å². The van der Waals surface area contributed by atoms with Crippen LogP contribution < -0.4 is 10.6 Å². The lowest BCUT2D eigenvalue weighted by atomic mass is 10.1. The van der Waals surface area contributed by atoms with E-state index in [0.717, 1.165) is 4.47 Å². The number of ether oxygens (including phenoxy) is 1. The SMILES string of the molecule is CC(=O)c1cccc(NC(=O)COC(=O)CCCC(=O)Nc2ccc(Br)cc2)c1. The van der Waals surface area contributed by atoms with Crippen LogP contribution in [-0.4, -0.2) is 30.2 Å². The topological polar surface area (TPSA) is 102 Å². The fourth-order valence-corrected chi connectivity index (χ4v) is 2.65. The van der Waals surface area contributed by atoms with Gasteiger partial charge in [-0.15, -0.1) is 0 Å². The van der Waals surface area contributed by atoms with Gasteiger partial charge in [-0.3, -0.25) is 19.2 Å². The molecule has 0 atom stereocenters. The van der Waals surface area contributed by atoms with Crippen molar-refractivity contribution in [1.82, 2.24) is 0 Å². The molecule has 2 N–H and O–H groups in total. The normalized spacial score (nSPS) is 10.1. The van der Waals surface area contributed by atoms with E-state index in [1.807, 2.05) is 12.1 Å². The molecule has 0 saturated heterocycles. The van der Waals surface area contributed by atoms with Crippen LogP contribution in [0.4, 0.5) is 11.4 Å². The quantitative estimate of drug-likeness (QED) is 0.435. The summed E-state index contributed by atoms with van der Waals surface area (Å²) >= 11 is 3.32. The van der Waals surface area contributed by atoms with Crippen LogP contribution in [-0.2, 0) is 19.1 Å². The standard InChI is InChI=1S/C21H21BrN2O5/c1-14(25)15-4-2-5-18(12-15)24-20(27)13-29-21(28)7-3-6-19(26)23-17-10-8-16(22)9-11-17/h2,4-5,8-12H,3,6-7,13H2,1H3,(H,23,26)(H,24,27). The maximum Gasteiger partial charge on any atom is 0.306 e. The van der Waals surface area contributed by atoms with Gasteiger partial charge in [0.15, 0.2) is 12.4 Å². The van der Waals surface area contributed by atoms with E-state index in [-0.39, 0.29) is 24.5 Å². The number of amides is 2. The molecule has 2 rings (SSSR count). The molecule has 0 radical (unpaired) electrons. The van der Waals surface area contributed by atoms with E-state index >= 15 is 0 Å². The maximum absolute atomic E-state index is 11.9. The number of halogens is 1. The zero-order valence-corrected chi connectivity index (χ0v) is 17.5. The Bertz CT molecular complexity index is 896. The summed E-state index contributed by atoms with van der Waals surface area (Å²) in [4.78, 5) is 46.8. The molecule has 2 aromatic carbocycles. The number of anilines is 2. The molecule has 29 heavy (non-hydrogen) atoms. The van der Waals surface area contributed by atoms with E-state index in [1.54, 1.807) is 36.4 Å². The summed E-state index contributed by atoms with van der Waals surface area (Å²) in [6.07, 6.45) is 0.500. The summed E-state index contributed by atoms with van der Waals surface area (Å²) in [7, 11) is 0. The Hall–Kier alpha value is -3.00. The molecule has 0 aromatic heterocycles. The van der Waals surface area contributed by atoms with E-state index < -0.39 is 18.5 Å². The number of esters is 1. The van der Waals surface area contributed by atoms with Crippen LogP contribution in [0, 0.1) is 0 Å². The minimum atomic E-state index is -0.561. The first-order valence-electron chi connectivity index (χ1n) is 8.95. The highest BCUT2D eigenvalue weighted by atomic mass is 79.9. The van der Waals surface area contributed by atoms with Crippen LogP contribution in [0.2, 0.25) is 0 Å². The van der Waals surface area contributed by atoms with Gasteiger partial charge < -0.3 is 15.4 Å². The predicted octanol–water partition coefficient (Wildman–Crippen LogP) is 3.94. The number of hydrogen-bond acceptors (Lipinski definition) is 5. The zero-order chi connectivity index (χ0) is 21.2.